The molecule has 1 N–H and O–H groups in total. The lowest BCUT2D eigenvalue weighted by atomic mass is 9.85. The van der Waals surface area contributed by atoms with Crippen LogP contribution in [0.25, 0.3) is 5.76 Å². The molecule has 41 heavy (non-hydrogen) atoms. The van der Waals surface area contributed by atoms with Gasteiger partial charge in [0.2, 0.25) is 0 Å². The van der Waals surface area contributed by atoms with Crippen LogP contribution in [0.3, 0.4) is 0 Å². The minimum atomic E-state index is -0.673. The summed E-state index contributed by atoms with van der Waals surface area (Å²) in [6, 6.07) is 22.7. The summed E-state index contributed by atoms with van der Waals surface area (Å²) in [7, 11) is 0. The van der Waals surface area contributed by atoms with E-state index in [2.05, 4.69) is 39.5 Å². The van der Waals surface area contributed by atoms with E-state index in [1.807, 2.05) is 67.6 Å². The van der Waals surface area contributed by atoms with E-state index in [9.17, 15) is 14.7 Å². The van der Waals surface area contributed by atoms with Crippen LogP contribution in [0.5, 0.6) is 5.75 Å². The lowest BCUT2D eigenvalue weighted by Gasteiger charge is -2.29. The van der Waals surface area contributed by atoms with Gasteiger partial charge in [-0.05, 0) is 65.9 Å². The van der Waals surface area contributed by atoms with Crippen molar-refractivity contribution in [2.75, 3.05) is 26.2 Å². The Bertz CT molecular complexity index is 1400. The second-order valence-corrected chi connectivity index (χ2v) is 11.6. The Morgan fingerprint density at radius 2 is 1.61 bits per heavy atom. The summed E-state index contributed by atoms with van der Waals surface area (Å²) >= 11 is 0. The average Bonchev–Trinajstić information content (AvgIpc) is 3.21. The van der Waals surface area contributed by atoms with Gasteiger partial charge in [0.25, 0.3) is 11.7 Å². The van der Waals surface area contributed by atoms with Gasteiger partial charge < -0.3 is 19.6 Å². The fourth-order valence-corrected chi connectivity index (χ4v) is 5.29. The highest BCUT2D eigenvalue weighted by atomic mass is 16.5. The van der Waals surface area contributed by atoms with Crippen LogP contribution >= 0.6 is 0 Å². The molecule has 0 bridgehead atoms. The third kappa shape index (κ3) is 6.71. The molecular formula is C35H42N2O4. The van der Waals surface area contributed by atoms with E-state index in [0.717, 1.165) is 35.3 Å². The van der Waals surface area contributed by atoms with Gasteiger partial charge in [0.15, 0.2) is 0 Å². The number of benzene rings is 3. The van der Waals surface area contributed by atoms with Gasteiger partial charge in [-0.3, -0.25) is 9.59 Å². The second-order valence-electron chi connectivity index (χ2n) is 11.6. The highest BCUT2D eigenvalue weighted by Crippen LogP contribution is 2.40. The van der Waals surface area contributed by atoms with Gasteiger partial charge in [0.1, 0.15) is 18.1 Å². The number of rotatable bonds is 10. The largest absolute Gasteiger partial charge is 0.507 e. The summed E-state index contributed by atoms with van der Waals surface area (Å²) in [6.45, 7) is 15.6. The number of aliphatic hydroxyl groups is 1. The molecule has 216 valence electrons. The maximum atomic E-state index is 13.5. The number of carbonyl (C=O) groups is 2. The van der Waals surface area contributed by atoms with E-state index in [0.29, 0.717) is 31.0 Å². The fourth-order valence-electron chi connectivity index (χ4n) is 5.29. The Morgan fingerprint density at radius 3 is 2.20 bits per heavy atom. The zero-order valence-electron chi connectivity index (χ0n) is 25.1. The number of carbonyl (C=O) groups excluding carboxylic acids is 2. The second kappa shape index (κ2) is 12.7. The molecule has 0 radical (unpaired) electrons. The molecule has 6 nitrogen and oxygen atoms in total. The third-order valence-corrected chi connectivity index (χ3v) is 7.89. The maximum absolute atomic E-state index is 13.5. The molecular weight excluding hydrogens is 512 g/mol. The van der Waals surface area contributed by atoms with Gasteiger partial charge >= 0.3 is 0 Å². The van der Waals surface area contributed by atoms with Crippen LogP contribution in [0.1, 0.15) is 68.5 Å². The molecule has 4 rings (SSSR count). The molecule has 0 unspecified atom stereocenters. The Kier molecular flexibility index (Phi) is 9.34. The number of hydrogen-bond acceptors (Lipinski definition) is 5. The van der Waals surface area contributed by atoms with E-state index < -0.39 is 17.7 Å². The molecule has 3 aromatic carbocycles. The van der Waals surface area contributed by atoms with E-state index in [1.165, 1.54) is 0 Å². The molecule has 1 atom stereocenters. The molecule has 0 aliphatic carbocycles. The van der Waals surface area contributed by atoms with E-state index in [-0.39, 0.29) is 16.7 Å². The van der Waals surface area contributed by atoms with Crippen molar-refractivity contribution in [2.45, 2.75) is 59.6 Å². The van der Waals surface area contributed by atoms with E-state index in [1.54, 1.807) is 17.0 Å². The monoisotopic (exact) mass is 554 g/mol. The lowest BCUT2D eigenvalue weighted by Crippen LogP contribution is -2.38. The number of aliphatic hydroxyl groups excluding tert-OH is 1. The van der Waals surface area contributed by atoms with Crippen LogP contribution in [0.15, 0.2) is 78.4 Å². The molecule has 0 spiro atoms. The number of amides is 1. The molecule has 1 saturated heterocycles. The minimum Gasteiger partial charge on any atom is -0.507 e. The normalized spacial score (nSPS) is 17.0. The third-order valence-electron chi connectivity index (χ3n) is 7.89. The summed E-state index contributed by atoms with van der Waals surface area (Å²) < 4.78 is 5.96. The van der Waals surface area contributed by atoms with Crippen LogP contribution in [-0.4, -0.2) is 52.8 Å². The predicted octanol–water partition coefficient (Wildman–Crippen LogP) is 6.64. The number of Topliss-reactive ketones (excluding diaryl/α,β-unsaturated/α-hetero) is 1. The smallest absolute Gasteiger partial charge is 0.295 e. The standard InChI is InChI=1S/C35H42N2O4/c1-7-36(8-2)20-21-37-31(26-14-16-27(17-15-26)35(4,5)6)30(33(39)34(37)40)32(38)29-19-18-28(22-24(29)3)41-23-25-12-10-9-11-13-25/h9-19,22,31,38H,7-8,20-21,23H2,1-6H3/b32-30+/t31-/m1/s1. The zero-order valence-corrected chi connectivity index (χ0v) is 25.1. The quantitative estimate of drug-likeness (QED) is 0.173. The summed E-state index contributed by atoms with van der Waals surface area (Å²) in [4.78, 5) is 30.8. The van der Waals surface area contributed by atoms with Crippen molar-refractivity contribution in [3.8, 4) is 5.75 Å². The van der Waals surface area contributed by atoms with Crippen LogP contribution in [-0.2, 0) is 21.6 Å². The number of ether oxygens (including phenoxy) is 1. The van der Waals surface area contributed by atoms with Crippen LogP contribution in [0.2, 0.25) is 0 Å². The Labute approximate surface area is 244 Å². The van der Waals surface area contributed by atoms with Crippen molar-refractivity contribution >= 4 is 17.4 Å². The van der Waals surface area contributed by atoms with Gasteiger partial charge in [0, 0.05) is 18.7 Å². The molecule has 1 aliphatic heterocycles. The Morgan fingerprint density at radius 1 is 0.951 bits per heavy atom. The lowest BCUT2D eigenvalue weighted by molar-refractivity contribution is -0.140. The van der Waals surface area contributed by atoms with Crippen molar-refractivity contribution in [3.05, 3.63) is 106 Å². The number of likely N-dealkylation sites (tertiary alicyclic amines) is 1. The fraction of sp³-hybridized carbons (Fsp3) is 0.371. The number of nitrogens with zero attached hydrogens (tertiary/aromatic N) is 2. The first kappa shape index (κ1) is 30.1. The molecule has 0 saturated carbocycles. The van der Waals surface area contributed by atoms with Crippen LogP contribution < -0.4 is 4.74 Å². The van der Waals surface area contributed by atoms with E-state index in [4.69, 9.17) is 4.74 Å². The van der Waals surface area contributed by atoms with E-state index >= 15 is 0 Å². The van der Waals surface area contributed by atoms with Crippen molar-refractivity contribution in [1.29, 1.82) is 0 Å². The first-order chi connectivity index (χ1) is 19.5. The summed E-state index contributed by atoms with van der Waals surface area (Å²) in [5.74, 6) is -0.734. The topological polar surface area (TPSA) is 70.1 Å². The Balaban J connectivity index is 1.72. The van der Waals surface area contributed by atoms with Crippen molar-refractivity contribution in [1.82, 2.24) is 9.80 Å². The van der Waals surface area contributed by atoms with Gasteiger partial charge in [-0.2, -0.15) is 0 Å². The summed E-state index contributed by atoms with van der Waals surface area (Å²) in [5.41, 5.74) is 4.37. The molecule has 1 heterocycles. The number of ketones is 1. The average molecular weight is 555 g/mol. The summed E-state index contributed by atoms with van der Waals surface area (Å²) in [6.07, 6.45) is 0. The highest BCUT2D eigenvalue weighted by Gasteiger charge is 2.46. The molecule has 6 heteroatoms. The molecule has 1 aliphatic rings. The molecule has 1 amide bonds. The predicted molar refractivity (Wildman–Crippen MR) is 164 cm³/mol. The van der Waals surface area contributed by atoms with Gasteiger partial charge in [-0.1, -0.05) is 89.2 Å². The first-order valence-electron chi connectivity index (χ1n) is 14.4. The Hall–Kier alpha value is -3.90. The SMILES string of the molecule is CCN(CC)CCN1C(=O)C(=O)/C(=C(/O)c2ccc(OCc3ccccc3)cc2C)[C@H]1c1ccc(C(C)(C)C)cc1. The molecule has 0 aromatic heterocycles. The van der Waals surface area contributed by atoms with Crippen LogP contribution in [0, 0.1) is 6.92 Å². The molecule has 3 aromatic rings. The van der Waals surface area contributed by atoms with Crippen molar-refractivity contribution in [3.63, 3.8) is 0 Å². The van der Waals surface area contributed by atoms with Gasteiger partial charge in [-0.15, -0.1) is 0 Å². The maximum Gasteiger partial charge on any atom is 0.295 e. The van der Waals surface area contributed by atoms with Crippen molar-refractivity contribution in [2.24, 2.45) is 0 Å². The molecule has 1 fully saturated rings. The number of likely N-dealkylation sites (N-methyl/N-ethyl adjacent to an activating group) is 1. The number of hydrogen-bond donors (Lipinski definition) is 1. The number of aryl methyl sites for hydroxylation is 1. The van der Waals surface area contributed by atoms with Gasteiger partial charge in [-0.25, -0.2) is 0 Å². The van der Waals surface area contributed by atoms with Crippen molar-refractivity contribution < 1.29 is 19.4 Å². The highest BCUT2D eigenvalue weighted by molar-refractivity contribution is 6.46. The first-order valence-corrected chi connectivity index (χ1v) is 14.4. The van der Waals surface area contributed by atoms with Gasteiger partial charge in [0.05, 0.1) is 11.6 Å². The minimum absolute atomic E-state index is 0.0372. The van der Waals surface area contributed by atoms with Crippen LogP contribution in [0.4, 0.5) is 0 Å². The summed E-state index contributed by atoms with van der Waals surface area (Å²) in [5, 5.41) is 11.6. The zero-order chi connectivity index (χ0) is 29.7.